The third-order valence-corrected chi connectivity index (χ3v) is 7.94. The second-order valence-electron chi connectivity index (χ2n) is 6.51. The van der Waals surface area contributed by atoms with E-state index in [-0.39, 0.29) is 5.95 Å². The summed E-state index contributed by atoms with van der Waals surface area (Å²) in [4.78, 5) is 55.3. The van der Waals surface area contributed by atoms with Crippen molar-refractivity contribution in [2.45, 2.75) is 43.9 Å². The number of ether oxygens (including phenoxy) is 1. The van der Waals surface area contributed by atoms with E-state index < -0.39 is 59.2 Å². The van der Waals surface area contributed by atoms with E-state index >= 15 is 0 Å². The first-order valence-electron chi connectivity index (χ1n) is 8.50. The van der Waals surface area contributed by atoms with E-state index in [0.717, 1.165) is 17.8 Å². The molecule has 3 unspecified atom stereocenters. The topological polar surface area (TPSA) is 289 Å². The van der Waals surface area contributed by atoms with E-state index in [1.807, 2.05) is 0 Å². The van der Waals surface area contributed by atoms with Crippen molar-refractivity contribution >= 4 is 29.4 Å². The van der Waals surface area contributed by atoms with Crippen LogP contribution in [0.3, 0.4) is 0 Å². The third kappa shape index (κ3) is 6.75. The maximum atomic E-state index is 12.2. The molecule has 1 aliphatic rings. The van der Waals surface area contributed by atoms with E-state index in [2.05, 4.69) is 35.0 Å². The summed E-state index contributed by atoms with van der Waals surface area (Å²) >= 11 is 0. The molecule has 0 spiro atoms. The van der Waals surface area contributed by atoms with Crippen molar-refractivity contribution in [1.29, 1.82) is 0 Å². The number of nitrogens with two attached hydrogens (primary N) is 2. The fourth-order valence-electron chi connectivity index (χ4n) is 2.85. The van der Waals surface area contributed by atoms with Gasteiger partial charge < -0.3 is 40.9 Å². The Morgan fingerprint density at radius 1 is 1.24 bits per heavy atom. The highest BCUT2D eigenvalue weighted by atomic mass is 31.3. The SMILES string of the molecule is CC#CC1(N)[C@@H](O)[C@@H]([C@@H](C)OP(=O)(O)OP(=O)(O)OP(=O)(O)O)O[C@H]1n1cnc(N)nc1=O. The van der Waals surface area contributed by atoms with E-state index in [4.69, 9.17) is 26.0 Å². The molecule has 0 amide bonds. The first-order chi connectivity index (χ1) is 14.9. The highest BCUT2D eigenvalue weighted by Crippen LogP contribution is 2.66. The van der Waals surface area contributed by atoms with Crippen LogP contribution >= 0.6 is 23.5 Å². The first-order valence-corrected chi connectivity index (χ1v) is 13.0. The van der Waals surface area contributed by atoms with Crippen LogP contribution in [0.15, 0.2) is 11.1 Å². The Morgan fingerprint density at radius 3 is 2.36 bits per heavy atom. The van der Waals surface area contributed by atoms with Crippen molar-refractivity contribution in [3.05, 3.63) is 16.8 Å². The standard InChI is InChI=1S/C12H20N5O13P3/c1-3-4-12(14)8(18)7(27-9(12)17-5-15-10(13)16-11(17)19)6(2)28-32(23,24)30-33(25,26)29-31(20,21)22/h5-9,18H,14H2,1-2H3,(H,23,24)(H,25,26)(H2,13,16,19)(H2,20,21,22)/t6-,7-,8+,9-,12?/m1/s1. The van der Waals surface area contributed by atoms with Crippen molar-refractivity contribution < 1.29 is 56.3 Å². The molecule has 0 radical (unpaired) electrons. The Kier molecular flexibility index (Phi) is 8.06. The fraction of sp³-hybridized carbons (Fsp3) is 0.583. The van der Waals surface area contributed by atoms with Crippen molar-refractivity contribution in [3.8, 4) is 11.8 Å². The molecule has 1 fully saturated rings. The second-order valence-corrected chi connectivity index (χ2v) is 10.9. The predicted molar refractivity (Wildman–Crippen MR) is 105 cm³/mol. The summed E-state index contributed by atoms with van der Waals surface area (Å²) in [6, 6.07) is 0. The number of hydrogen-bond acceptors (Lipinski definition) is 13. The maximum absolute atomic E-state index is 12.2. The number of hydrogen-bond donors (Lipinski definition) is 7. The minimum Gasteiger partial charge on any atom is -0.387 e. The predicted octanol–water partition coefficient (Wildman–Crippen LogP) is -2.07. The molecule has 1 aromatic heterocycles. The number of aliphatic hydroxyl groups excluding tert-OH is 1. The molecule has 0 bridgehead atoms. The minimum atomic E-state index is -5.77. The number of nitrogens with zero attached hydrogens (tertiary/aromatic N) is 3. The van der Waals surface area contributed by atoms with Gasteiger partial charge in [-0.2, -0.15) is 13.6 Å². The average molecular weight is 535 g/mol. The molecule has 0 aliphatic carbocycles. The Hall–Kier alpha value is -1.54. The van der Waals surface area contributed by atoms with Crippen LogP contribution in [-0.4, -0.2) is 63.1 Å². The van der Waals surface area contributed by atoms with Gasteiger partial charge in [-0.15, -0.1) is 5.92 Å². The molecule has 33 heavy (non-hydrogen) atoms. The van der Waals surface area contributed by atoms with Crippen molar-refractivity contribution in [1.82, 2.24) is 14.5 Å². The third-order valence-electron chi connectivity index (χ3n) is 4.01. The van der Waals surface area contributed by atoms with E-state index in [1.165, 1.54) is 6.92 Å². The summed E-state index contributed by atoms with van der Waals surface area (Å²) < 4.78 is 52.4. The molecule has 7 atom stereocenters. The quantitative estimate of drug-likeness (QED) is 0.139. The number of phosphoric acid groups is 3. The Balaban J connectivity index is 2.31. The number of anilines is 1. The lowest BCUT2D eigenvalue weighted by atomic mass is 9.90. The fourth-order valence-corrected chi connectivity index (χ4v) is 6.05. The molecule has 2 heterocycles. The van der Waals surface area contributed by atoms with Crippen LogP contribution in [0, 0.1) is 11.8 Å². The molecule has 18 nitrogen and oxygen atoms in total. The van der Waals surface area contributed by atoms with E-state index in [1.54, 1.807) is 0 Å². The van der Waals surface area contributed by atoms with Crippen LogP contribution in [0.5, 0.6) is 0 Å². The summed E-state index contributed by atoms with van der Waals surface area (Å²) in [5.74, 6) is 4.55. The lowest BCUT2D eigenvalue weighted by molar-refractivity contribution is -0.0757. The van der Waals surface area contributed by atoms with Crippen molar-refractivity contribution in [2.24, 2.45) is 5.73 Å². The molecule has 9 N–H and O–H groups in total. The van der Waals surface area contributed by atoms with Gasteiger partial charge in [0.15, 0.2) is 11.8 Å². The normalized spacial score (nSPS) is 30.0. The van der Waals surface area contributed by atoms with Gasteiger partial charge in [0.1, 0.15) is 18.5 Å². The van der Waals surface area contributed by atoms with Gasteiger partial charge in [-0.25, -0.2) is 23.5 Å². The van der Waals surface area contributed by atoms with Gasteiger partial charge in [0.25, 0.3) is 0 Å². The van der Waals surface area contributed by atoms with Gasteiger partial charge in [-0.3, -0.25) is 9.09 Å². The molecule has 1 aliphatic heterocycles. The van der Waals surface area contributed by atoms with Crippen molar-refractivity contribution in [2.75, 3.05) is 5.73 Å². The van der Waals surface area contributed by atoms with Gasteiger partial charge in [-0.1, -0.05) is 5.92 Å². The van der Waals surface area contributed by atoms with Crippen LogP contribution < -0.4 is 17.2 Å². The molecule has 1 saturated heterocycles. The summed E-state index contributed by atoms with van der Waals surface area (Å²) in [5, 5.41) is 10.7. The zero-order chi connectivity index (χ0) is 25.4. The molecule has 186 valence electrons. The maximum Gasteiger partial charge on any atom is 0.490 e. The first kappa shape index (κ1) is 27.7. The average Bonchev–Trinajstić information content (AvgIpc) is 2.83. The zero-order valence-electron chi connectivity index (χ0n) is 16.7. The second kappa shape index (κ2) is 9.61. The molecular weight excluding hydrogens is 515 g/mol. The molecule has 0 aromatic carbocycles. The van der Waals surface area contributed by atoms with Crippen LogP contribution in [-0.2, 0) is 31.6 Å². The summed E-state index contributed by atoms with van der Waals surface area (Å²) in [5.41, 5.74) is 8.51. The van der Waals surface area contributed by atoms with Crippen LogP contribution in [0.25, 0.3) is 0 Å². The number of aliphatic hydroxyl groups is 1. The van der Waals surface area contributed by atoms with Crippen LogP contribution in [0.4, 0.5) is 5.95 Å². The van der Waals surface area contributed by atoms with Gasteiger partial charge >= 0.3 is 29.2 Å². The van der Waals surface area contributed by atoms with Crippen LogP contribution in [0.1, 0.15) is 20.1 Å². The molecular formula is C12H20N5O13P3. The molecule has 2 rings (SSSR count). The van der Waals surface area contributed by atoms with E-state index in [9.17, 15) is 33.4 Å². The monoisotopic (exact) mass is 535 g/mol. The zero-order valence-corrected chi connectivity index (χ0v) is 19.4. The number of phosphoric ester groups is 1. The number of aromatic nitrogens is 3. The van der Waals surface area contributed by atoms with Crippen LogP contribution in [0.2, 0.25) is 0 Å². The Labute approximate surface area is 184 Å². The number of rotatable bonds is 8. The summed E-state index contributed by atoms with van der Waals surface area (Å²) in [6.45, 7) is 2.42. The van der Waals surface area contributed by atoms with Gasteiger partial charge in [0, 0.05) is 0 Å². The summed E-state index contributed by atoms with van der Waals surface area (Å²) in [6.07, 6.45) is -5.68. The largest absolute Gasteiger partial charge is 0.490 e. The highest BCUT2D eigenvalue weighted by molar-refractivity contribution is 7.66. The molecule has 0 saturated carbocycles. The molecule has 21 heteroatoms. The van der Waals surface area contributed by atoms with E-state index in [0.29, 0.717) is 0 Å². The van der Waals surface area contributed by atoms with Crippen molar-refractivity contribution in [3.63, 3.8) is 0 Å². The lowest BCUT2D eigenvalue weighted by Crippen LogP contribution is -2.55. The van der Waals surface area contributed by atoms with Gasteiger partial charge in [0.05, 0.1) is 6.10 Å². The Bertz CT molecular complexity index is 1160. The highest BCUT2D eigenvalue weighted by Gasteiger charge is 2.57. The lowest BCUT2D eigenvalue weighted by Gasteiger charge is -2.28. The Morgan fingerprint density at radius 2 is 1.85 bits per heavy atom. The minimum absolute atomic E-state index is 0.364. The molecule has 1 aromatic rings. The smallest absolute Gasteiger partial charge is 0.387 e. The van der Waals surface area contributed by atoms with Gasteiger partial charge in [0.2, 0.25) is 5.95 Å². The number of nitrogen functional groups attached to an aromatic ring is 1. The summed E-state index contributed by atoms with van der Waals surface area (Å²) in [7, 11) is -16.9. The van der Waals surface area contributed by atoms with Gasteiger partial charge in [-0.05, 0) is 13.8 Å².